The van der Waals surface area contributed by atoms with Gasteiger partial charge in [-0.15, -0.1) is 0 Å². The number of rotatable bonds is 6. The van der Waals surface area contributed by atoms with Crippen molar-refractivity contribution in [3.8, 4) is 0 Å². The lowest BCUT2D eigenvalue weighted by molar-refractivity contribution is 0.122. The maximum Gasteiger partial charge on any atom is 0.281 e. The van der Waals surface area contributed by atoms with Crippen molar-refractivity contribution in [3.05, 3.63) is 0 Å². The Morgan fingerprint density at radius 2 is 2.17 bits per heavy atom. The summed E-state index contributed by atoms with van der Waals surface area (Å²) in [4.78, 5) is 0. The molecule has 8 heteroatoms. The molecule has 1 aliphatic rings. The van der Waals surface area contributed by atoms with Crippen LogP contribution < -0.4 is 5.32 Å². The Morgan fingerprint density at radius 1 is 1.50 bits per heavy atom. The summed E-state index contributed by atoms with van der Waals surface area (Å²) >= 11 is 0. The Balaban J connectivity index is 2.66. The monoisotopic (exact) mass is 285 g/mol. The zero-order chi connectivity index (χ0) is 13.8. The molecule has 0 spiro atoms. The average Bonchev–Trinajstić information content (AvgIpc) is 2.29. The molecule has 1 fully saturated rings. The van der Waals surface area contributed by atoms with Crippen LogP contribution in [0.3, 0.4) is 0 Å². The number of hydrogen-bond donors (Lipinski definition) is 1. The van der Waals surface area contributed by atoms with Gasteiger partial charge in [0.15, 0.2) is 0 Å². The zero-order valence-electron chi connectivity index (χ0n) is 10.8. The van der Waals surface area contributed by atoms with Crippen molar-refractivity contribution < 1.29 is 17.2 Å². The summed E-state index contributed by atoms with van der Waals surface area (Å²) in [5.41, 5.74) is 0. The highest BCUT2D eigenvalue weighted by molar-refractivity contribution is 7.86. The molecule has 1 aliphatic heterocycles. The van der Waals surface area contributed by atoms with Crippen LogP contribution in [0, 0.1) is 5.92 Å². The van der Waals surface area contributed by atoms with E-state index in [4.69, 9.17) is 0 Å². The van der Waals surface area contributed by atoms with E-state index in [0.717, 1.165) is 23.7 Å². The van der Waals surface area contributed by atoms with Crippen molar-refractivity contribution in [2.45, 2.75) is 19.3 Å². The molecule has 1 saturated heterocycles. The summed E-state index contributed by atoms with van der Waals surface area (Å²) in [5, 5.41) is 3.02. The van der Waals surface area contributed by atoms with Crippen LogP contribution in [-0.4, -0.2) is 63.7 Å². The highest BCUT2D eigenvalue weighted by Gasteiger charge is 2.32. The first kappa shape index (κ1) is 15.7. The predicted molar refractivity (Wildman–Crippen MR) is 65.8 cm³/mol. The van der Waals surface area contributed by atoms with Crippen molar-refractivity contribution in [2.24, 2.45) is 5.92 Å². The van der Waals surface area contributed by atoms with Crippen LogP contribution >= 0.6 is 0 Å². The smallest absolute Gasteiger partial charge is 0.281 e. The van der Waals surface area contributed by atoms with E-state index in [0.29, 0.717) is 13.1 Å². The molecule has 0 aromatic heterocycles. The summed E-state index contributed by atoms with van der Waals surface area (Å²) in [6.07, 6.45) is -0.915. The molecule has 0 bridgehead atoms. The highest BCUT2D eigenvalue weighted by Crippen LogP contribution is 2.20. The van der Waals surface area contributed by atoms with Crippen molar-refractivity contribution in [3.63, 3.8) is 0 Å². The number of halogens is 2. The number of piperidine rings is 1. The van der Waals surface area contributed by atoms with Crippen LogP contribution in [0.1, 0.15) is 12.8 Å². The minimum atomic E-state index is -3.75. The van der Waals surface area contributed by atoms with Gasteiger partial charge in [-0.3, -0.25) is 0 Å². The summed E-state index contributed by atoms with van der Waals surface area (Å²) in [7, 11) is -0.736. The van der Waals surface area contributed by atoms with Gasteiger partial charge >= 0.3 is 0 Å². The van der Waals surface area contributed by atoms with Gasteiger partial charge in [0.2, 0.25) is 0 Å². The fourth-order valence-electron chi connectivity index (χ4n) is 2.18. The van der Waals surface area contributed by atoms with Crippen molar-refractivity contribution in [1.29, 1.82) is 0 Å². The fraction of sp³-hybridized carbons (Fsp3) is 1.00. The van der Waals surface area contributed by atoms with Gasteiger partial charge in [-0.1, -0.05) is 0 Å². The average molecular weight is 285 g/mol. The van der Waals surface area contributed by atoms with Gasteiger partial charge in [-0.25, -0.2) is 8.78 Å². The van der Waals surface area contributed by atoms with Gasteiger partial charge in [0.05, 0.1) is 6.54 Å². The van der Waals surface area contributed by atoms with Crippen LogP contribution in [0.25, 0.3) is 0 Å². The molecule has 1 unspecified atom stereocenters. The molecule has 1 heterocycles. The molecule has 1 N–H and O–H groups in total. The van der Waals surface area contributed by atoms with Gasteiger partial charge < -0.3 is 5.32 Å². The predicted octanol–water partition coefficient (Wildman–Crippen LogP) is 0.360. The molecular formula is C10H21F2N3O2S. The fourth-order valence-corrected chi connectivity index (χ4v) is 3.63. The third kappa shape index (κ3) is 4.11. The maximum absolute atomic E-state index is 12.2. The Bertz CT molecular complexity index is 349. The van der Waals surface area contributed by atoms with Crippen LogP contribution in [0.4, 0.5) is 8.78 Å². The molecule has 18 heavy (non-hydrogen) atoms. The second-order valence-corrected chi connectivity index (χ2v) is 6.64. The van der Waals surface area contributed by atoms with E-state index in [-0.39, 0.29) is 5.92 Å². The molecule has 108 valence electrons. The molecule has 0 radical (unpaired) electrons. The number of alkyl halides is 2. The first-order valence-electron chi connectivity index (χ1n) is 6.02. The molecular weight excluding hydrogens is 264 g/mol. The Morgan fingerprint density at radius 3 is 2.72 bits per heavy atom. The molecule has 0 saturated carbocycles. The van der Waals surface area contributed by atoms with Crippen molar-refractivity contribution in [2.75, 3.05) is 40.3 Å². The second kappa shape index (κ2) is 6.74. The largest absolute Gasteiger partial charge is 0.319 e. The van der Waals surface area contributed by atoms with Gasteiger partial charge in [-0.05, 0) is 32.4 Å². The lowest BCUT2D eigenvalue weighted by Gasteiger charge is -2.34. The quantitative estimate of drug-likeness (QED) is 0.766. The SMILES string of the molecule is CNCC1CCCN(S(=O)(=O)N(C)CC(F)F)C1. The molecule has 0 aromatic rings. The normalized spacial score (nSPS) is 22.9. The molecule has 1 atom stereocenters. The minimum Gasteiger partial charge on any atom is -0.319 e. The van der Waals surface area contributed by atoms with Crippen LogP contribution in [0.5, 0.6) is 0 Å². The van der Waals surface area contributed by atoms with Gasteiger partial charge in [0, 0.05) is 20.1 Å². The minimum absolute atomic E-state index is 0.249. The Kier molecular flexibility index (Phi) is 5.90. The van der Waals surface area contributed by atoms with E-state index in [1.54, 1.807) is 0 Å². The lowest BCUT2D eigenvalue weighted by Crippen LogP contribution is -2.48. The molecule has 0 amide bonds. The van der Waals surface area contributed by atoms with E-state index >= 15 is 0 Å². The van der Waals surface area contributed by atoms with Crippen LogP contribution in [0.15, 0.2) is 0 Å². The maximum atomic E-state index is 12.2. The van der Waals surface area contributed by atoms with Crippen LogP contribution in [-0.2, 0) is 10.2 Å². The zero-order valence-corrected chi connectivity index (χ0v) is 11.6. The van der Waals surface area contributed by atoms with E-state index in [2.05, 4.69) is 5.32 Å². The number of nitrogens with one attached hydrogen (secondary N) is 1. The van der Waals surface area contributed by atoms with Gasteiger partial charge in [0.25, 0.3) is 16.6 Å². The van der Waals surface area contributed by atoms with E-state index < -0.39 is 23.2 Å². The molecule has 0 aromatic carbocycles. The summed E-state index contributed by atoms with van der Waals surface area (Å²) in [6.45, 7) is 0.799. The Hall–Kier alpha value is -0.310. The third-order valence-corrected chi connectivity index (χ3v) is 5.01. The number of nitrogens with zero attached hydrogens (tertiary/aromatic N) is 2. The van der Waals surface area contributed by atoms with E-state index in [1.807, 2.05) is 7.05 Å². The number of hydrogen-bond acceptors (Lipinski definition) is 3. The summed E-state index contributed by atoms with van der Waals surface area (Å²) < 4.78 is 50.7. The molecule has 5 nitrogen and oxygen atoms in total. The lowest BCUT2D eigenvalue weighted by atomic mass is 10.00. The summed E-state index contributed by atoms with van der Waals surface area (Å²) in [5.74, 6) is 0.249. The topological polar surface area (TPSA) is 52.7 Å². The van der Waals surface area contributed by atoms with Gasteiger partial charge in [-0.2, -0.15) is 17.0 Å². The summed E-state index contributed by atoms with van der Waals surface area (Å²) in [6, 6.07) is 0. The van der Waals surface area contributed by atoms with Gasteiger partial charge in [0.1, 0.15) is 0 Å². The van der Waals surface area contributed by atoms with E-state index in [9.17, 15) is 17.2 Å². The molecule has 1 rings (SSSR count). The van der Waals surface area contributed by atoms with Crippen molar-refractivity contribution in [1.82, 2.24) is 13.9 Å². The third-order valence-electron chi connectivity index (χ3n) is 3.09. The highest BCUT2D eigenvalue weighted by atomic mass is 32.2. The van der Waals surface area contributed by atoms with Crippen molar-refractivity contribution >= 4 is 10.2 Å². The molecule has 0 aliphatic carbocycles. The van der Waals surface area contributed by atoms with Crippen LogP contribution in [0.2, 0.25) is 0 Å². The standard InChI is InChI=1S/C10H21F2N3O2S/c1-13-6-9-4-3-5-15(7-9)18(16,17)14(2)8-10(11)12/h9-10,13H,3-8H2,1-2H3. The second-order valence-electron chi connectivity index (χ2n) is 4.60. The first-order valence-corrected chi connectivity index (χ1v) is 7.41. The first-order chi connectivity index (χ1) is 8.37. The van der Waals surface area contributed by atoms with E-state index in [1.165, 1.54) is 11.4 Å². The Labute approximate surface area is 107 Å².